The summed E-state index contributed by atoms with van der Waals surface area (Å²) in [6.07, 6.45) is 2.62. The van der Waals surface area contributed by atoms with Gasteiger partial charge in [-0.2, -0.15) is 0 Å². The van der Waals surface area contributed by atoms with Gasteiger partial charge in [-0.25, -0.2) is 4.98 Å². The van der Waals surface area contributed by atoms with E-state index < -0.39 is 0 Å². The maximum atomic E-state index is 11.1. The first-order valence-electron chi connectivity index (χ1n) is 5.37. The SMILES string of the molecule is O=Cc1cccc2cnc(-c3ccccc3)n12. The van der Waals surface area contributed by atoms with Crippen molar-refractivity contribution in [3.05, 3.63) is 60.4 Å². The minimum absolute atomic E-state index is 0.610. The topological polar surface area (TPSA) is 34.4 Å². The summed E-state index contributed by atoms with van der Waals surface area (Å²) in [7, 11) is 0. The molecular formula is C14H10N2O. The van der Waals surface area contributed by atoms with E-state index in [4.69, 9.17) is 0 Å². The van der Waals surface area contributed by atoms with Gasteiger partial charge in [0, 0.05) is 5.56 Å². The van der Waals surface area contributed by atoms with E-state index in [9.17, 15) is 4.79 Å². The number of nitrogens with zero attached hydrogens (tertiary/aromatic N) is 2. The molecule has 0 bridgehead atoms. The molecule has 17 heavy (non-hydrogen) atoms. The van der Waals surface area contributed by atoms with Gasteiger partial charge in [-0.15, -0.1) is 0 Å². The monoisotopic (exact) mass is 222 g/mol. The molecule has 3 heteroatoms. The fraction of sp³-hybridized carbons (Fsp3) is 0. The van der Waals surface area contributed by atoms with Crippen LogP contribution < -0.4 is 0 Å². The molecule has 0 saturated carbocycles. The zero-order valence-electron chi connectivity index (χ0n) is 9.08. The van der Waals surface area contributed by atoms with Gasteiger partial charge in [-0.1, -0.05) is 36.4 Å². The van der Waals surface area contributed by atoms with Crippen LogP contribution in [0.15, 0.2) is 54.7 Å². The quantitative estimate of drug-likeness (QED) is 0.625. The van der Waals surface area contributed by atoms with Gasteiger partial charge in [0.15, 0.2) is 6.29 Å². The van der Waals surface area contributed by atoms with E-state index in [0.717, 1.165) is 23.2 Å². The van der Waals surface area contributed by atoms with E-state index in [1.165, 1.54) is 0 Å². The summed E-state index contributed by atoms with van der Waals surface area (Å²) in [5, 5.41) is 0. The van der Waals surface area contributed by atoms with E-state index in [1.807, 2.05) is 46.9 Å². The van der Waals surface area contributed by atoms with Crippen molar-refractivity contribution in [2.75, 3.05) is 0 Å². The highest BCUT2D eigenvalue weighted by Crippen LogP contribution is 2.20. The van der Waals surface area contributed by atoms with Gasteiger partial charge < -0.3 is 0 Å². The van der Waals surface area contributed by atoms with Crippen LogP contribution in [0.3, 0.4) is 0 Å². The number of carbonyl (C=O) groups excluding carboxylic acids is 1. The number of fused-ring (bicyclic) bond motifs is 1. The van der Waals surface area contributed by atoms with Crippen molar-refractivity contribution >= 4 is 11.8 Å². The lowest BCUT2D eigenvalue weighted by atomic mass is 10.2. The Kier molecular flexibility index (Phi) is 2.22. The van der Waals surface area contributed by atoms with Gasteiger partial charge in [-0.3, -0.25) is 9.20 Å². The Morgan fingerprint density at radius 2 is 1.82 bits per heavy atom. The summed E-state index contributed by atoms with van der Waals surface area (Å²) in [5.41, 5.74) is 2.54. The van der Waals surface area contributed by atoms with Gasteiger partial charge in [-0.05, 0) is 12.1 Å². The normalized spacial score (nSPS) is 10.6. The second-order valence-electron chi connectivity index (χ2n) is 3.78. The molecule has 82 valence electrons. The molecule has 2 heterocycles. The molecule has 0 fully saturated rings. The minimum Gasteiger partial charge on any atom is -0.296 e. The van der Waals surface area contributed by atoms with Crippen LogP contribution in [0.5, 0.6) is 0 Å². The zero-order chi connectivity index (χ0) is 11.7. The van der Waals surface area contributed by atoms with Crippen molar-refractivity contribution in [2.45, 2.75) is 0 Å². The van der Waals surface area contributed by atoms with Crippen LogP contribution in [0.25, 0.3) is 16.9 Å². The number of rotatable bonds is 2. The number of carbonyl (C=O) groups is 1. The third kappa shape index (κ3) is 1.52. The van der Waals surface area contributed by atoms with Gasteiger partial charge >= 0.3 is 0 Å². The summed E-state index contributed by atoms with van der Waals surface area (Å²) in [6, 6.07) is 15.4. The average molecular weight is 222 g/mol. The van der Waals surface area contributed by atoms with Crippen molar-refractivity contribution in [1.82, 2.24) is 9.38 Å². The Hall–Kier alpha value is -2.42. The highest BCUT2D eigenvalue weighted by Gasteiger charge is 2.08. The first-order valence-corrected chi connectivity index (χ1v) is 5.37. The molecule has 2 aromatic heterocycles. The number of hydrogen-bond acceptors (Lipinski definition) is 2. The fourth-order valence-electron chi connectivity index (χ4n) is 1.96. The molecule has 0 saturated heterocycles. The summed E-state index contributed by atoms with van der Waals surface area (Å²) in [6.45, 7) is 0. The zero-order valence-corrected chi connectivity index (χ0v) is 9.08. The summed E-state index contributed by atoms with van der Waals surface area (Å²) < 4.78 is 1.86. The van der Waals surface area contributed by atoms with Crippen LogP contribution in [0.1, 0.15) is 10.5 Å². The molecule has 0 atom stereocenters. The number of benzene rings is 1. The van der Waals surface area contributed by atoms with Gasteiger partial charge in [0.2, 0.25) is 0 Å². The fourth-order valence-corrected chi connectivity index (χ4v) is 1.96. The number of pyridine rings is 1. The van der Waals surface area contributed by atoms with Crippen LogP contribution in [0.2, 0.25) is 0 Å². The molecule has 0 spiro atoms. The third-order valence-electron chi connectivity index (χ3n) is 2.73. The molecule has 0 aliphatic carbocycles. The Balaban J connectivity index is 2.35. The Morgan fingerprint density at radius 3 is 2.59 bits per heavy atom. The molecule has 0 aliphatic heterocycles. The largest absolute Gasteiger partial charge is 0.296 e. The number of aromatic nitrogens is 2. The second kappa shape index (κ2) is 3.87. The lowest BCUT2D eigenvalue weighted by molar-refractivity contribution is 0.111. The van der Waals surface area contributed by atoms with E-state index in [1.54, 1.807) is 12.3 Å². The summed E-state index contributed by atoms with van der Waals surface area (Å²) in [4.78, 5) is 15.4. The van der Waals surface area contributed by atoms with Crippen LogP contribution in [-0.4, -0.2) is 15.7 Å². The Labute approximate surface area is 98.4 Å². The van der Waals surface area contributed by atoms with E-state index in [2.05, 4.69) is 4.98 Å². The molecular weight excluding hydrogens is 212 g/mol. The van der Waals surface area contributed by atoms with Gasteiger partial charge in [0.1, 0.15) is 5.82 Å². The van der Waals surface area contributed by atoms with Gasteiger partial charge in [0.25, 0.3) is 0 Å². The van der Waals surface area contributed by atoms with Crippen molar-refractivity contribution in [3.63, 3.8) is 0 Å². The summed E-state index contributed by atoms with van der Waals surface area (Å²) in [5.74, 6) is 0.795. The first-order chi connectivity index (χ1) is 8.40. The Morgan fingerprint density at radius 1 is 1.00 bits per heavy atom. The van der Waals surface area contributed by atoms with Gasteiger partial charge in [0.05, 0.1) is 17.4 Å². The molecule has 0 N–H and O–H groups in total. The number of aldehydes is 1. The lowest BCUT2D eigenvalue weighted by Gasteiger charge is -2.03. The van der Waals surface area contributed by atoms with Crippen LogP contribution >= 0.6 is 0 Å². The standard InChI is InChI=1S/C14H10N2O/c17-10-13-8-4-7-12-9-15-14(16(12)13)11-5-2-1-3-6-11/h1-10H. The molecule has 3 rings (SSSR count). The predicted molar refractivity (Wildman–Crippen MR) is 66.0 cm³/mol. The predicted octanol–water partition coefficient (Wildman–Crippen LogP) is 2.81. The van der Waals surface area contributed by atoms with Crippen molar-refractivity contribution in [3.8, 4) is 11.4 Å². The number of hydrogen-bond donors (Lipinski definition) is 0. The Bertz CT molecular complexity index is 671. The van der Waals surface area contributed by atoms with Crippen LogP contribution in [0, 0.1) is 0 Å². The molecule has 1 aromatic carbocycles. The van der Waals surface area contributed by atoms with Crippen molar-refractivity contribution < 1.29 is 4.79 Å². The van der Waals surface area contributed by atoms with Crippen molar-refractivity contribution in [2.24, 2.45) is 0 Å². The smallest absolute Gasteiger partial charge is 0.166 e. The molecule has 3 aromatic rings. The maximum absolute atomic E-state index is 11.1. The van der Waals surface area contributed by atoms with E-state index in [-0.39, 0.29) is 0 Å². The minimum atomic E-state index is 0.610. The number of imidazole rings is 1. The average Bonchev–Trinajstić information content (AvgIpc) is 2.83. The van der Waals surface area contributed by atoms with Crippen LogP contribution in [-0.2, 0) is 0 Å². The van der Waals surface area contributed by atoms with E-state index >= 15 is 0 Å². The van der Waals surface area contributed by atoms with Crippen molar-refractivity contribution in [1.29, 1.82) is 0 Å². The highest BCUT2D eigenvalue weighted by atomic mass is 16.1. The highest BCUT2D eigenvalue weighted by molar-refractivity contribution is 5.77. The lowest BCUT2D eigenvalue weighted by Crippen LogP contribution is -1.96. The third-order valence-corrected chi connectivity index (χ3v) is 2.73. The maximum Gasteiger partial charge on any atom is 0.166 e. The first kappa shape index (κ1) is 9.78. The molecule has 0 aliphatic rings. The second-order valence-corrected chi connectivity index (χ2v) is 3.78. The van der Waals surface area contributed by atoms with Crippen LogP contribution in [0.4, 0.5) is 0 Å². The molecule has 0 amide bonds. The van der Waals surface area contributed by atoms with E-state index in [0.29, 0.717) is 5.69 Å². The molecule has 0 radical (unpaired) electrons. The molecule has 3 nitrogen and oxygen atoms in total. The summed E-state index contributed by atoms with van der Waals surface area (Å²) >= 11 is 0. The molecule has 0 unspecified atom stereocenters.